The number of aromatic nitrogens is 4. The molecular formula is C15H25BClN5O4. The second kappa shape index (κ2) is 11.1. The van der Waals surface area contributed by atoms with Crippen LogP contribution in [0.25, 0.3) is 0 Å². The molecule has 26 heavy (non-hydrogen) atoms. The van der Waals surface area contributed by atoms with Gasteiger partial charge in [0.15, 0.2) is 5.82 Å². The number of rotatable bonds is 10. The lowest BCUT2D eigenvalue weighted by atomic mass is 10.1. The summed E-state index contributed by atoms with van der Waals surface area (Å²) in [6.07, 6.45) is 2.10. The van der Waals surface area contributed by atoms with E-state index in [4.69, 9.17) is 20.5 Å². The summed E-state index contributed by atoms with van der Waals surface area (Å²) in [4.78, 5) is 0. The van der Waals surface area contributed by atoms with Crippen molar-refractivity contribution in [3.8, 4) is 5.75 Å². The zero-order valence-electron chi connectivity index (χ0n) is 14.9. The highest BCUT2D eigenvalue weighted by atomic mass is 35.5. The molecule has 0 spiro atoms. The van der Waals surface area contributed by atoms with Gasteiger partial charge in [-0.2, -0.15) is 0 Å². The van der Waals surface area contributed by atoms with E-state index in [0.717, 1.165) is 17.7 Å². The van der Waals surface area contributed by atoms with Crippen molar-refractivity contribution in [2.45, 2.75) is 38.3 Å². The predicted molar refractivity (Wildman–Crippen MR) is 98.8 cm³/mol. The van der Waals surface area contributed by atoms with Gasteiger partial charge in [-0.3, -0.25) is 0 Å². The minimum atomic E-state index is -1.73. The van der Waals surface area contributed by atoms with Crippen molar-refractivity contribution in [3.63, 3.8) is 0 Å². The third-order valence-electron chi connectivity index (χ3n) is 3.99. The highest BCUT2D eigenvalue weighted by Gasteiger charge is 2.20. The number of hydrogen-bond donors (Lipinski definition) is 3. The van der Waals surface area contributed by atoms with E-state index in [1.54, 1.807) is 11.8 Å². The molecule has 0 aliphatic rings. The van der Waals surface area contributed by atoms with Gasteiger partial charge < -0.3 is 25.2 Å². The van der Waals surface area contributed by atoms with Crippen LogP contribution < -0.4 is 10.5 Å². The van der Waals surface area contributed by atoms with Crippen LogP contribution >= 0.6 is 12.4 Å². The van der Waals surface area contributed by atoms with E-state index in [1.165, 1.54) is 0 Å². The van der Waals surface area contributed by atoms with Crippen LogP contribution in [0.5, 0.6) is 5.75 Å². The summed E-state index contributed by atoms with van der Waals surface area (Å²) in [6.45, 7) is 2.27. The molecular weight excluding hydrogens is 360 g/mol. The average molecular weight is 386 g/mol. The van der Waals surface area contributed by atoms with Crippen LogP contribution in [0.4, 0.5) is 0 Å². The Balaban J connectivity index is 0.00000338. The van der Waals surface area contributed by atoms with Crippen LogP contribution in [0.2, 0.25) is 0 Å². The summed E-state index contributed by atoms with van der Waals surface area (Å²) < 4.78 is 11.6. The molecule has 1 aromatic carbocycles. The maximum Gasteiger partial charge on any atom is 0.633 e. The Morgan fingerprint density at radius 3 is 2.54 bits per heavy atom. The van der Waals surface area contributed by atoms with E-state index in [2.05, 4.69) is 20.2 Å². The lowest BCUT2D eigenvalue weighted by molar-refractivity contribution is 0.181. The Labute approximate surface area is 159 Å². The Bertz CT molecular complexity index is 643. The molecule has 2 rings (SSSR count). The molecule has 2 aromatic rings. The molecule has 0 aliphatic heterocycles. The maximum atomic E-state index is 8.62. The van der Waals surface area contributed by atoms with Crippen molar-refractivity contribution >= 4 is 19.7 Å². The Kier molecular flexibility index (Phi) is 9.53. The zero-order chi connectivity index (χ0) is 18.2. The number of nitrogens with zero attached hydrogens (tertiary/aromatic N) is 4. The number of hydrogen-bond acceptors (Lipinski definition) is 8. The van der Waals surface area contributed by atoms with Crippen LogP contribution in [0.3, 0.4) is 0 Å². The second-order valence-electron chi connectivity index (χ2n) is 5.73. The fraction of sp³-hybridized carbons (Fsp3) is 0.533. The number of unbranched alkanes of at least 4 members (excludes halogenated alkanes) is 1. The van der Waals surface area contributed by atoms with E-state index in [1.807, 2.05) is 31.2 Å². The summed E-state index contributed by atoms with van der Waals surface area (Å²) in [7, 11) is -0.102. The molecule has 0 radical (unpaired) electrons. The fourth-order valence-corrected chi connectivity index (χ4v) is 2.53. The van der Waals surface area contributed by atoms with Crippen molar-refractivity contribution < 1.29 is 19.4 Å². The first-order chi connectivity index (χ1) is 12.0. The molecule has 1 heterocycles. The summed E-state index contributed by atoms with van der Waals surface area (Å²) >= 11 is 0. The van der Waals surface area contributed by atoms with Gasteiger partial charge >= 0.3 is 7.32 Å². The molecule has 0 saturated carbocycles. The van der Waals surface area contributed by atoms with Crippen LogP contribution in [-0.2, 0) is 4.65 Å². The summed E-state index contributed by atoms with van der Waals surface area (Å²) in [5, 5.41) is 29.1. The third-order valence-corrected chi connectivity index (χ3v) is 3.99. The fourth-order valence-electron chi connectivity index (χ4n) is 2.53. The summed E-state index contributed by atoms with van der Waals surface area (Å²) in [6, 6.07) is 7.36. The van der Waals surface area contributed by atoms with Gasteiger partial charge in [-0.15, -0.1) is 17.5 Å². The Hall–Kier alpha value is -1.72. The predicted octanol–water partition coefficient (Wildman–Crippen LogP) is 0.869. The summed E-state index contributed by atoms with van der Waals surface area (Å²) in [5.74, 6) is 1.41. The Morgan fingerprint density at radius 1 is 1.23 bits per heavy atom. The molecule has 11 heteroatoms. The second-order valence-corrected chi connectivity index (χ2v) is 5.73. The molecule has 9 nitrogen and oxygen atoms in total. The number of tetrazole rings is 1. The van der Waals surface area contributed by atoms with E-state index < -0.39 is 7.32 Å². The number of ether oxygens (including phenoxy) is 1. The van der Waals surface area contributed by atoms with Crippen molar-refractivity contribution in [1.29, 1.82) is 0 Å². The standard InChI is InChI=1S/C15H24BN5O4.ClH/c1-11(12-6-8-13(24-2)9-7-12)21-15(18-19-20-21)14(17)5-3-4-10-25-16(22)23;/h6-9,11,14,22-23H,3-5,10,17H2,1-2H3;1H/t11-,14?;/m1./s1. The van der Waals surface area contributed by atoms with E-state index >= 15 is 0 Å². The minimum absolute atomic E-state index is 0. The lowest BCUT2D eigenvalue weighted by Crippen LogP contribution is -2.21. The minimum Gasteiger partial charge on any atom is -0.497 e. The van der Waals surface area contributed by atoms with E-state index in [-0.39, 0.29) is 31.1 Å². The number of halogens is 1. The maximum absolute atomic E-state index is 8.62. The monoisotopic (exact) mass is 385 g/mol. The molecule has 1 unspecified atom stereocenters. The molecule has 1 aromatic heterocycles. The van der Waals surface area contributed by atoms with Crippen LogP contribution in [0.15, 0.2) is 24.3 Å². The van der Waals surface area contributed by atoms with Crippen molar-refractivity contribution in [2.24, 2.45) is 5.73 Å². The van der Waals surface area contributed by atoms with Gasteiger partial charge in [-0.1, -0.05) is 12.1 Å². The molecule has 2 atom stereocenters. The van der Waals surface area contributed by atoms with Crippen LogP contribution in [0.1, 0.15) is 49.7 Å². The highest BCUT2D eigenvalue weighted by Crippen LogP contribution is 2.23. The van der Waals surface area contributed by atoms with Gasteiger partial charge in [0.05, 0.1) is 19.2 Å². The first kappa shape index (κ1) is 22.3. The third kappa shape index (κ3) is 6.22. The molecule has 0 amide bonds. The van der Waals surface area contributed by atoms with E-state index in [9.17, 15) is 0 Å². The highest BCUT2D eigenvalue weighted by molar-refractivity contribution is 6.32. The lowest BCUT2D eigenvalue weighted by Gasteiger charge is -2.17. The largest absolute Gasteiger partial charge is 0.633 e. The van der Waals surface area contributed by atoms with Gasteiger partial charge in [0, 0.05) is 6.61 Å². The molecule has 144 valence electrons. The first-order valence-corrected chi connectivity index (χ1v) is 8.18. The molecule has 4 N–H and O–H groups in total. The Morgan fingerprint density at radius 2 is 1.92 bits per heavy atom. The van der Waals surface area contributed by atoms with Crippen molar-refractivity contribution in [3.05, 3.63) is 35.7 Å². The number of nitrogens with two attached hydrogens (primary N) is 1. The zero-order valence-corrected chi connectivity index (χ0v) is 15.7. The van der Waals surface area contributed by atoms with Crippen LogP contribution in [0, 0.1) is 0 Å². The first-order valence-electron chi connectivity index (χ1n) is 8.18. The molecule has 0 fully saturated rings. The average Bonchev–Trinajstić information content (AvgIpc) is 3.10. The van der Waals surface area contributed by atoms with Gasteiger partial charge in [-0.25, -0.2) is 4.68 Å². The SMILES string of the molecule is COc1ccc([C@@H](C)n2nnnc2C(N)CCCCOB(O)O)cc1.Cl. The van der Waals surface area contributed by atoms with Gasteiger partial charge in [0.1, 0.15) is 5.75 Å². The van der Waals surface area contributed by atoms with Crippen molar-refractivity contribution in [2.75, 3.05) is 13.7 Å². The summed E-state index contributed by atoms with van der Waals surface area (Å²) in [5.41, 5.74) is 7.27. The van der Waals surface area contributed by atoms with Gasteiger partial charge in [0.2, 0.25) is 0 Å². The number of benzene rings is 1. The quantitative estimate of drug-likeness (QED) is 0.406. The van der Waals surface area contributed by atoms with E-state index in [0.29, 0.717) is 18.7 Å². The normalized spacial score (nSPS) is 13.0. The van der Waals surface area contributed by atoms with Crippen molar-refractivity contribution in [1.82, 2.24) is 20.2 Å². The number of methoxy groups -OCH3 is 1. The topological polar surface area (TPSA) is 129 Å². The van der Waals surface area contributed by atoms with Gasteiger partial charge in [-0.05, 0) is 54.3 Å². The molecule has 0 saturated heterocycles. The smallest absolute Gasteiger partial charge is 0.497 e. The molecule has 0 bridgehead atoms. The van der Waals surface area contributed by atoms with Crippen LogP contribution in [-0.4, -0.2) is 51.3 Å². The molecule has 0 aliphatic carbocycles. The van der Waals surface area contributed by atoms with Gasteiger partial charge in [0.25, 0.3) is 0 Å².